The molecule has 0 amide bonds. The molecule has 3 rings (SSSR count). The second-order valence-corrected chi connectivity index (χ2v) is 7.63. The molecule has 132 valence electrons. The number of likely N-dealkylation sites (tertiary alicyclic amines) is 1. The van der Waals surface area contributed by atoms with Crippen LogP contribution in [0.1, 0.15) is 51.5 Å². The van der Waals surface area contributed by atoms with E-state index in [0.29, 0.717) is 12.1 Å². The van der Waals surface area contributed by atoms with Crippen molar-refractivity contribution < 1.29 is 0 Å². The second-order valence-electron chi connectivity index (χ2n) is 7.63. The fourth-order valence-corrected chi connectivity index (χ4v) is 4.52. The van der Waals surface area contributed by atoms with Gasteiger partial charge in [0.2, 0.25) is 0 Å². The minimum absolute atomic E-state index is 0.0849. The molecule has 2 aliphatic heterocycles. The Morgan fingerprint density at radius 3 is 2.29 bits per heavy atom. The lowest BCUT2D eigenvalue weighted by Crippen LogP contribution is -2.52. The van der Waals surface area contributed by atoms with E-state index in [2.05, 4.69) is 72.7 Å². The third-order valence-corrected chi connectivity index (χ3v) is 5.84. The van der Waals surface area contributed by atoms with E-state index in [4.69, 9.17) is 0 Å². The van der Waals surface area contributed by atoms with Crippen LogP contribution >= 0.6 is 0 Å². The molecule has 3 nitrogen and oxygen atoms in total. The van der Waals surface area contributed by atoms with Crippen molar-refractivity contribution in [2.45, 2.75) is 57.7 Å². The zero-order chi connectivity index (χ0) is 17.0. The summed E-state index contributed by atoms with van der Waals surface area (Å²) >= 11 is 0. The zero-order valence-electron chi connectivity index (χ0n) is 15.5. The molecule has 2 heterocycles. The molecule has 2 saturated heterocycles. The summed E-state index contributed by atoms with van der Waals surface area (Å²) in [6, 6.07) is 11.0. The molecule has 2 fully saturated rings. The maximum Gasteiger partial charge on any atom is 0.0682 e. The molecule has 24 heavy (non-hydrogen) atoms. The molecular formula is C21H33N3. The van der Waals surface area contributed by atoms with Crippen LogP contribution in [0.4, 0.5) is 0 Å². The fraction of sp³-hybridized carbons (Fsp3) is 0.619. The van der Waals surface area contributed by atoms with Crippen molar-refractivity contribution in [2.75, 3.05) is 26.2 Å². The average molecular weight is 328 g/mol. The molecule has 0 saturated carbocycles. The van der Waals surface area contributed by atoms with Gasteiger partial charge in [0.1, 0.15) is 0 Å². The monoisotopic (exact) mass is 327 g/mol. The standard InChI is InChI=1S/C21H33N3/c1-4-18(21(2,3)24-15-9-6-10-16-24)19(20-22-13-14-23-20)17-11-7-5-8-12-17/h4-5,7-8,11-12,19-20,22-23H,6,9-10,13-16H2,1-3H3. The van der Waals surface area contributed by atoms with Gasteiger partial charge in [0.05, 0.1) is 6.17 Å². The lowest BCUT2D eigenvalue weighted by Gasteiger charge is -2.46. The van der Waals surface area contributed by atoms with E-state index in [-0.39, 0.29) is 5.54 Å². The predicted molar refractivity (Wildman–Crippen MR) is 102 cm³/mol. The summed E-state index contributed by atoms with van der Waals surface area (Å²) in [6.07, 6.45) is 6.73. The molecule has 0 bridgehead atoms. The van der Waals surface area contributed by atoms with Gasteiger partial charge in [0.25, 0.3) is 0 Å². The van der Waals surface area contributed by atoms with E-state index >= 15 is 0 Å². The zero-order valence-corrected chi connectivity index (χ0v) is 15.5. The molecule has 0 aliphatic carbocycles. The van der Waals surface area contributed by atoms with Gasteiger partial charge in [-0.15, -0.1) is 0 Å². The summed E-state index contributed by atoms with van der Waals surface area (Å²) in [5.74, 6) is 0.371. The number of nitrogens with one attached hydrogen (secondary N) is 2. The number of rotatable bonds is 5. The molecule has 2 aliphatic rings. The van der Waals surface area contributed by atoms with Crippen LogP contribution in [0.3, 0.4) is 0 Å². The lowest BCUT2D eigenvalue weighted by atomic mass is 9.77. The largest absolute Gasteiger partial charge is 0.300 e. The van der Waals surface area contributed by atoms with Crippen molar-refractivity contribution in [1.82, 2.24) is 15.5 Å². The maximum absolute atomic E-state index is 3.67. The number of hydrogen-bond acceptors (Lipinski definition) is 3. The van der Waals surface area contributed by atoms with Crippen molar-refractivity contribution in [2.24, 2.45) is 0 Å². The van der Waals surface area contributed by atoms with Crippen molar-refractivity contribution in [3.63, 3.8) is 0 Å². The van der Waals surface area contributed by atoms with E-state index in [9.17, 15) is 0 Å². The normalized spacial score (nSPS) is 22.7. The summed E-state index contributed by atoms with van der Waals surface area (Å²) in [6.45, 7) is 11.6. The highest BCUT2D eigenvalue weighted by Crippen LogP contribution is 2.39. The molecule has 1 unspecified atom stereocenters. The van der Waals surface area contributed by atoms with E-state index < -0.39 is 0 Å². The average Bonchev–Trinajstić information content (AvgIpc) is 3.15. The number of nitrogens with zero attached hydrogens (tertiary/aromatic N) is 1. The second kappa shape index (κ2) is 7.81. The first-order valence-corrected chi connectivity index (χ1v) is 9.58. The summed E-state index contributed by atoms with van der Waals surface area (Å²) in [7, 11) is 0. The topological polar surface area (TPSA) is 27.3 Å². The van der Waals surface area contributed by atoms with Gasteiger partial charge in [-0.1, -0.05) is 42.8 Å². The van der Waals surface area contributed by atoms with Crippen LogP contribution in [0.25, 0.3) is 0 Å². The van der Waals surface area contributed by atoms with Crippen LogP contribution in [-0.2, 0) is 0 Å². The Labute approximate surface area is 147 Å². The Morgan fingerprint density at radius 1 is 1.08 bits per heavy atom. The fourth-order valence-electron chi connectivity index (χ4n) is 4.52. The van der Waals surface area contributed by atoms with E-state index in [0.717, 1.165) is 13.1 Å². The van der Waals surface area contributed by atoms with Gasteiger partial charge in [-0.25, -0.2) is 0 Å². The van der Waals surface area contributed by atoms with Gasteiger partial charge in [-0.2, -0.15) is 0 Å². The van der Waals surface area contributed by atoms with Crippen molar-refractivity contribution in [3.8, 4) is 0 Å². The first-order chi connectivity index (χ1) is 11.6. The summed E-state index contributed by atoms with van der Waals surface area (Å²) in [5.41, 5.74) is 3.02. The minimum atomic E-state index is 0.0849. The van der Waals surface area contributed by atoms with Crippen LogP contribution in [0, 0.1) is 0 Å². The Kier molecular flexibility index (Phi) is 5.75. The first kappa shape index (κ1) is 17.7. The van der Waals surface area contributed by atoms with Crippen molar-refractivity contribution in [3.05, 3.63) is 47.5 Å². The predicted octanol–water partition coefficient (Wildman–Crippen LogP) is 3.50. The quantitative estimate of drug-likeness (QED) is 0.811. The summed E-state index contributed by atoms with van der Waals surface area (Å²) in [4.78, 5) is 2.69. The van der Waals surface area contributed by atoms with Crippen molar-refractivity contribution >= 4 is 0 Å². The van der Waals surface area contributed by atoms with E-state index in [1.54, 1.807) is 0 Å². The van der Waals surface area contributed by atoms with Crippen LogP contribution in [-0.4, -0.2) is 42.8 Å². The Bertz CT molecular complexity index is 537. The molecule has 0 aromatic heterocycles. The van der Waals surface area contributed by atoms with Crippen LogP contribution in [0.5, 0.6) is 0 Å². The summed E-state index contributed by atoms with van der Waals surface area (Å²) < 4.78 is 0. The molecule has 1 aromatic rings. The molecular weight excluding hydrogens is 294 g/mol. The number of hydrogen-bond donors (Lipinski definition) is 2. The van der Waals surface area contributed by atoms with Crippen LogP contribution in [0.2, 0.25) is 0 Å². The molecule has 0 radical (unpaired) electrons. The van der Waals surface area contributed by atoms with Crippen LogP contribution in [0.15, 0.2) is 42.0 Å². The highest BCUT2D eigenvalue weighted by molar-refractivity contribution is 5.36. The third-order valence-electron chi connectivity index (χ3n) is 5.84. The number of benzene rings is 1. The molecule has 3 heteroatoms. The Balaban J connectivity index is 1.94. The Hall–Kier alpha value is -1.16. The molecule has 1 atom stereocenters. The van der Waals surface area contributed by atoms with E-state index in [1.165, 1.54) is 43.5 Å². The SMILES string of the molecule is CC=C(C(c1ccccc1)C1NCCN1)C(C)(C)N1CCCCC1. The number of piperidine rings is 1. The smallest absolute Gasteiger partial charge is 0.0682 e. The van der Waals surface area contributed by atoms with Crippen LogP contribution < -0.4 is 10.6 Å². The molecule has 1 aromatic carbocycles. The Morgan fingerprint density at radius 2 is 1.71 bits per heavy atom. The summed E-state index contributed by atoms with van der Waals surface area (Å²) in [5, 5.41) is 7.35. The number of allylic oxidation sites excluding steroid dienone is 1. The maximum atomic E-state index is 3.67. The first-order valence-electron chi connectivity index (χ1n) is 9.58. The molecule has 0 spiro atoms. The van der Waals surface area contributed by atoms with Crippen molar-refractivity contribution in [1.29, 1.82) is 0 Å². The van der Waals surface area contributed by atoms with E-state index in [1.807, 2.05) is 0 Å². The molecule has 2 N–H and O–H groups in total. The lowest BCUT2D eigenvalue weighted by molar-refractivity contribution is 0.116. The van der Waals surface area contributed by atoms with Gasteiger partial charge in [-0.05, 0) is 57.8 Å². The minimum Gasteiger partial charge on any atom is -0.300 e. The van der Waals surface area contributed by atoms with Gasteiger partial charge >= 0.3 is 0 Å². The highest BCUT2D eigenvalue weighted by atomic mass is 15.2. The van der Waals surface area contributed by atoms with Gasteiger partial charge in [0.15, 0.2) is 0 Å². The van der Waals surface area contributed by atoms with Gasteiger partial charge < -0.3 is 0 Å². The third kappa shape index (κ3) is 3.58. The highest BCUT2D eigenvalue weighted by Gasteiger charge is 2.39. The van der Waals surface area contributed by atoms with Gasteiger partial charge in [-0.3, -0.25) is 15.5 Å². The van der Waals surface area contributed by atoms with Gasteiger partial charge in [0, 0.05) is 24.5 Å².